The van der Waals surface area contributed by atoms with Gasteiger partial charge in [-0.25, -0.2) is 0 Å². The number of nitrogens with two attached hydrogens (primary N) is 1. The lowest BCUT2D eigenvalue weighted by atomic mass is 9.28. The number of methoxy groups -OCH3 is 1. The molecule has 0 aliphatic heterocycles. The first kappa shape index (κ1) is 13.8. The molecule has 0 unspecified atom stereocenters. The van der Waals surface area contributed by atoms with Gasteiger partial charge < -0.3 is 10.5 Å². The molecule has 4 heteroatoms. The summed E-state index contributed by atoms with van der Waals surface area (Å²) in [6.07, 6.45) is 3.29. The molecule has 3 nitrogen and oxygen atoms in total. The summed E-state index contributed by atoms with van der Waals surface area (Å²) in [5.41, 5.74) is 6.78. The van der Waals surface area contributed by atoms with Crippen LogP contribution in [0.5, 0.6) is 0 Å². The average Bonchev–Trinajstić information content (AvgIpc) is 1.94. The van der Waals surface area contributed by atoms with E-state index in [1.54, 1.807) is 0 Å². The Morgan fingerprint density at radius 3 is 2.06 bits per heavy atom. The lowest BCUT2D eigenvalue weighted by molar-refractivity contribution is -0.268. The first-order valence-corrected chi connectivity index (χ1v) is 5.60. The molecule has 0 heterocycles. The van der Waals surface area contributed by atoms with Crippen LogP contribution < -0.4 is 5.73 Å². The number of carbonyl (C=O) groups is 1. The minimum absolute atomic E-state index is 0. The standard InChI is InChI=1S/C12H21NO2.ClH/c1-10(2,3)12-5-11(6-12,7-12)8(13)9(14)15-4;/h8H,5-7,13H2,1-4H3;1H/t8-,11?,12?;/m1./s1. The largest absolute Gasteiger partial charge is 0.468 e. The highest BCUT2D eigenvalue weighted by atomic mass is 35.5. The van der Waals surface area contributed by atoms with E-state index >= 15 is 0 Å². The first-order valence-electron chi connectivity index (χ1n) is 5.60. The van der Waals surface area contributed by atoms with Crippen molar-refractivity contribution in [3.63, 3.8) is 0 Å². The lowest BCUT2D eigenvalue weighted by Gasteiger charge is -2.76. The Morgan fingerprint density at radius 1 is 1.31 bits per heavy atom. The summed E-state index contributed by atoms with van der Waals surface area (Å²) >= 11 is 0. The van der Waals surface area contributed by atoms with Crippen LogP contribution in [0.2, 0.25) is 0 Å². The zero-order valence-corrected chi connectivity index (χ0v) is 11.3. The molecule has 0 aromatic carbocycles. The summed E-state index contributed by atoms with van der Waals surface area (Å²) in [6, 6.07) is -0.410. The van der Waals surface area contributed by atoms with Gasteiger partial charge >= 0.3 is 5.97 Å². The minimum Gasteiger partial charge on any atom is -0.468 e. The summed E-state index contributed by atoms with van der Waals surface area (Å²) in [4.78, 5) is 11.4. The third-order valence-electron chi connectivity index (χ3n) is 4.78. The third-order valence-corrected chi connectivity index (χ3v) is 4.78. The minimum atomic E-state index is -0.410. The fourth-order valence-corrected chi connectivity index (χ4v) is 3.37. The fourth-order valence-electron chi connectivity index (χ4n) is 3.37. The van der Waals surface area contributed by atoms with Crippen molar-refractivity contribution in [2.24, 2.45) is 22.0 Å². The van der Waals surface area contributed by atoms with E-state index in [9.17, 15) is 4.79 Å². The highest BCUT2D eigenvalue weighted by Crippen LogP contribution is 2.79. The fraction of sp³-hybridized carbons (Fsp3) is 0.917. The van der Waals surface area contributed by atoms with Gasteiger partial charge in [-0.15, -0.1) is 12.4 Å². The molecule has 3 fully saturated rings. The predicted octanol–water partition coefficient (Wildman–Crippen LogP) is 2.12. The highest BCUT2D eigenvalue weighted by Gasteiger charge is 2.74. The van der Waals surface area contributed by atoms with Crippen LogP contribution in [0.4, 0.5) is 0 Å². The monoisotopic (exact) mass is 247 g/mol. The van der Waals surface area contributed by atoms with Gasteiger partial charge in [0.2, 0.25) is 0 Å². The van der Waals surface area contributed by atoms with Crippen LogP contribution in [0.1, 0.15) is 40.0 Å². The van der Waals surface area contributed by atoms with E-state index in [0.29, 0.717) is 10.8 Å². The molecule has 0 radical (unpaired) electrons. The number of hydrogen-bond acceptors (Lipinski definition) is 3. The number of rotatable bonds is 2. The maximum absolute atomic E-state index is 11.4. The summed E-state index contributed by atoms with van der Waals surface area (Å²) in [6.45, 7) is 6.83. The average molecular weight is 248 g/mol. The van der Waals surface area contributed by atoms with E-state index < -0.39 is 6.04 Å². The molecule has 0 aromatic heterocycles. The Hall–Kier alpha value is -0.280. The first-order chi connectivity index (χ1) is 6.76. The number of ether oxygens (including phenoxy) is 1. The molecular formula is C12H22ClNO2. The van der Waals surface area contributed by atoms with Gasteiger partial charge in [-0.1, -0.05) is 20.8 Å². The topological polar surface area (TPSA) is 52.3 Å². The van der Waals surface area contributed by atoms with Gasteiger partial charge in [-0.05, 0) is 35.5 Å². The molecule has 3 aliphatic rings. The molecule has 3 rings (SSSR count). The van der Waals surface area contributed by atoms with Crippen molar-refractivity contribution in [1.82, 2.24) is 0 Å². The number of halogens is 1. The van der Waals surface area contributed by atoms with Crippen LogP contribution in [0.15, 0.2) is 0 Å². The Labute approximate surface area is 104 Å². The van der Waals surface area contributed by atoms with Crippen molar-refractivity contribution >= 4 is 18.4 Å². The van der Waals surface area contributed by atoms with Crippen LogP contribution in [0.25, 0.3) is 0 Å². The van der Waals surface area contributed by atoms with Crippen LogP contribution >= 0.6 is 12.4 Å². The Kier molecular flexibility index (Phi) is 3.11. The zero-order valence-electron chi connectivity index (χ0n) is 10.5. The van der Waals surface area contributed by atoms with Gasteiger partial charge in [0.15, 0.2) is 0 Å². The maximum Gasteiger partial charge on any atom is 0.323 e. The Bertz CT molecular complexity index is 289. The van der Waals surface area contributed by atoms with E-state index in [2.05, 4.69) is 20.8 Å². The summed E-state index contributed by atoms with van der Waals surface area (Å²) in [7, 11) is 1.41. The molecular weight excluding hydrogens is 226 g/mol. The highest BCUT2D eigenvalue weighted by molar-refractivity contribution is 5.85. The molecule has 3 saturated carbocycles. The lowest BCUT2D eigenvalue weighted by Crippen LogP contribution is -2.73. The third kappa shape index (κ3) is 1.48. The van der Waals surface area contributed by atoms with Crippen LogP contribution in [-0.2, 0) is 9.53 Å². The summed E-state index contributed by atoms with van der Waals surface area (Å²) in [5.74, 6) is -0.253. The van der Waals surface area contributed by atoms with Crippen molar-refractivity contribution in [3.05, 3.63) is 0 Å². The van der Waals surface area contributed by atoms with E-state index in [-0.39, 0.29) is 23.8 Å². The molecule has 0 amide bonds. The maximum atomic E-state index is 11.4. The van der Waals surface area contributed by atoms with Crippen molar-refractivity contribution in [2.75, 3.05) is 7.11 Å². The Balaban J connectivity index is 0.00000128. The van der Waals surface area contributed by atoms with Crippen LogP contribution in [-0.4, -0.2) is 19.1 Å². The number of esters is 1. The van der Waals surface area contributed by atoms with Gasteiger partial charge in [0.05, 0.1) is 7.11 Å². The SMILES string of the molecule is COC(=O)[C@@H](N)C12CC(C(C)(C)C)(C1)C2.Cl. The number of hydrogen-bond donors (Lipinski definition) is 1. The second kappa shape index (κ2) is 3.61. The normalized spacial score (nSPS) is 37.6. The Morgan fingerprint density at radius 2 is 1.75 bits per heavy atom. The molecule has 16 heavy (non-hydrogen) atoms. The van der Waals surface area contributed by atoms with Gasteiger partial charge in [0.25, 0.3) is 0 Å². The van der Waals surface area contributed by atoms with E-state index in [0.717, 1.165) is 19.3 Å². The van der Waals surface area contributed by atoms with Gasteiger partial charge in [-0.3, -0.25) is 4.79 Å². The van der Waals surface area contributed by atoms with E-state index in [4.69, 9.17) is 10.5 Å². The molecule has 0 aromatic rings. The van der Waals surface area contributed by atoms with Gasteiger partial charge in [0.1, 0.15) is 6.04 Å². The molecule has 2 N–H and O–H groups in total. The van der Waals surface area contributed by atoms with Crippen molar-refractivity contribution < 1.29 is 9.53 Å². The molecule has 1 atom stereocenters. The quantitative estimate of drug-likeness (QED) is 0.761. The molecule has 2 bridgehead atoms. The van der Waals surface area contributed by atoms with Crippen molar-refractivity contribution in [1.29, 1.82) is 0 Å². The van der Waals surface area contributed by atoms with Crippen molar-refractivity contribution in [2.45, 2.75) is 46.1 Å². The second-order valence-corrected chi connectivity index (χ2v) is 6.42. The smallest absolute Gasteiger partial charge is 0.323 e. The van der Waals surface area contributed by atoms with Crippen LogP contribution in [0.3, 0.4) is 0 Å². The molecule has 0 saturated heterocycles. The van der Waals surface area contributed by atoms with E-state index in [1.165, 1.54) is 7.11 Å². The summed E-state index contributed by atoms with van der Waals surface area (Å²) in [5, 5.41) is 0. The van der Waals surface area contributed by atoms with Crippen LogP contribution in [0, 0.1) is 16.2 Å². The molecule has 0 spiro atoms. The van der Waals surface area contributed by atoms with Gasteiger partial charge in [0, 0.05) is 0 Å². The summed E-state index contributed by atoms with van der Waals surface area (Å²) < 4.78 is 4.71. The zero-order chi connectivity index (χ0) is 11.5. The van der Waals surface area contributed by atoms with Gasteiger partial charge in [-0.2, -0.15) is 0 Å². The van der Waals surface area contributed by atoms with Crippen molar-refractivity contribution in [3.8, 4) is 0 Å². The predicted molar refractivity (Wildman–Crippen MR) is 65.4 cm³/mol. The second-order valence-electron chi connectivity index (χ2n) is 6.42. The number of carbonyl (C=O) groups excluding carboxylic acids is 1. The molecule has 3 aliphatic carbocycles. The van der Waals surface area contributed by atoms with E-state index in [1.807, 2.05) is 0 Å². The molecule has 94 valence electrons.